The van der Waals surface area contributed by atoms with Crippen molar-refractivity contribution in [2.24, 2.45) is 5.92 Å². The van der Waals surface area contributed by atoms with Gasteiger partial charge < -0.3 is 14.7 Å². The molecule has 2 saturated heterocycles. The van der Waals surface area contributed by atoms with Crippen LogP contribution in [0.15, 0.2) is 30.3 Å². The van der Waals surface area contributed by atoms with Gasteiger partial charge in [0.2, 0.25) is 11.8 Å². The zero-order valence-electron chi connectivity index (χ0n) is 16.8. The van der Waals surface area contributed by atoms with Crippen LogP contribution in [0.2, 0.25) is 0 Å². The Morgan fingerprint density at radius 3 is 2.89 bits per heavy atom. The van der Waals surface area contributed by atoms with Gasteiger partial charge >= 0.3 is 0 Å². The fraction of sp³-hybridized carbons (Fsp3) is 0.545. The lowest BCUT2D eigenvalue weighted by atomic mass is 9.83. The number of fused-ring (bicyclic) bond motifs is 1. The summed E-state index contributed by atoms with van der Waals surface area (Å²) in [5.74, 6) is 0.249. The maximum Gasteiger partial charge on any atom is 0.246 e. The molecular formula is C22H30FN3O2. The molecule has 3 rings (SSSR count). The van der Waals surface area contributed by atoms with E-state index < -0.39 is 0 Å². The van der Waals surface area contributed by atoms with E-state index in [2.05, 4.69) is 9.80 Å². The summed E-state index contributed by atoms with van der Waals surface area (Å²) in [6.07, 6.45) is 6.42. The average molecular weight is 387 g/mol. The first-order valence-corrected chi connectivity index (χ1v) is 10.1. The monoisotopic (exact) mass is 387 g/mol. The predicted molar refractivity (Wildman–Crippen MR) is 108 cm³/mol. The fourth-order valence-corrected chi connectivity index (χ4v) is 4.28. The van der Waals surface area contributed by atoms with E-state index in [4.69, 9.17) is 0 Å². The quantitative estimate of drug-likeness (QED) is 0.705. The zero-order valence-corrected chi connectivity index (χ0v) is 16.8. The summed E-state index contributed by atoms with van der Waals surface area (Å²) < 4.78 is 13.3. The molecule has 0 saturated carbocycles. The van der Waals surface area contributed by atoms with E-state index in [-0.39, 0.29) is 23.7 Å². The number of benzene rings is 1. The lowest BCUT2D eigenvalue weighted by molar-refractivity contribution is -0.143. The standard InChI is InChI=1S/C22H30FN3O2/c1-24(2)12-4-13-26-20-11-14-25(16-18(20)8-10-22(26)28)21(27)9-7-17-5-3-6-19(23)15-17/h3,5-7,9,15,18,20H,4,8,10-14,16H2,1-2H3/b9-7+/t18-,20+/m0/s1. The zero-order chi connectivity index (χ0) is 20.1. The van der Waals surface area contributed by atoms with E-state index in [9.17, 15) is 14.0 Å². The number of likely N-dealkylation sites (tertiary alicyclic amines) is 2. The molecule has 0 radical (unpaired) electrons. The van der Waals surface area contributed by atoms with Crippen LogP contribution < -0.4 is 0 Å². The Bertz CT molecular complexity index is 734. The van der Waals surface area contributed by atoms with Crippen molar-refractivity contribution in [1.29, 1.82) is 0 Å². The Kier molecular flexibility index (Phi) is 6.83. The van der Waals surface area contributed by atoms with Crippen LogP contribution in [0.4, 0.5) is 4.39 Å². The first kappa shape index (κ1) is 20.5. The summed E-state index contributed by atoms with van der Waals surface area (Å²) in [5, 5.41) is 0. The summed E-state index contributed by atoms with van der Waals surface area (Å²) in [4.78, 5) is 31.1. The van der Waals surface area contributed by atoms with Gasteiger partial charge in [-0.25, -0.2) is 4.39 Å². The Hall–Kier alpha value is -2.21. The fourth-order valence-electron chi connectivity index (χ4n) is 4.28. The molecule has 0 aromatic heterocycles. The maximum atomic E-state index is 13.3. The van der Waals surface area contributed by atoms with Gasteiger partial charge in [-0.05, 0) is 69.6 Å². The molecular weight excluding hydrogens is 357 g/mol. The molecule has 5 nitrogen and oxygen atoms in total. The second-order valence-electron chi connectivity index (χ2n) is 8.07. The summed E-state index contributed by atoms with van der Waals surface area (Å²) >= 11 is 0. The van der Waals surface area contributed by atoms with Gasteiger partial charge in [0.05, 0.1) is 0 Å². The van der Waals surface area contributed by atoms with Crippen LogP contribution in [-0.4, -0.2) is 72.8 Å². The number of hydrogen-bond donors (Lipinski definition) is 0. The highest BCUT2D eigenvalue weighted by molar-refractivity contribution is 5.92. The van der Waals surface area contributed by atoms with Crippen LogP contribution in [0.1, 0.15) is 31.2 Å². The molecule has 2 amide bonds. The minimum Gasteiger partial charge on any atom is -0.339 e. The molecule has 1 aromatic carbocycles. The van der Waals surface area contributed by atoms with Gasteiger partial charge in [-0.2, -0.15) is 0 Å². The third kappa shape index (κ3) is 5.19. The molecule has 2 aliphatic heterocycles. The summed E-state index contributed by atoms with van der Waals surface area (Å²) in [6.45, 7) is 3.11. The largest absolute Gasteiger partial charge is 0.339 e. The molecule has 0 aliphatic carbocycles. The van der Waals surface area contributed by atoms with E-state index in [0.29, 0.717) is 31.0 Å². The minimum absolute atomic E-state index is 0.0428. The van der Waals surface area contributed by atoms with Crippen molar-refractivity contribution in [1.82, 2.24) is 14.7 Å². The van der Waals surface area contributed by atoms with E-state index in [1.54, 1.807) is 18.2 Å². The summed E-state index contributed by atoms with van der Waals surface area (Å²) in [5.41, 5.74) is 0.679. The molecule has 2 heterocycles. The number of amides is 2. The van der Waals surface area contributed by atoms with Gasteiger partial charge in [-0.3, -0.25) is 9.59 Å². The third-order valence-corrected chi connectivity index (χ3v) is 5.73. The number of rotatable bonds is 6. The lowest BCUT2D eigenvalue weighted by Gasteiger charge is -2.47. The Labute approximate surface area is 166 Å². The molecule has 0 N–H and O–H groups in total. The highest BCUT2D eigenvalue weighted by atomic mass is 19.1. The van der Waals surface area contributed by atoms with Crippen LogP contribution in [0, 0.1) is 11.7 Å². The van der Waals surface area contributed by atoms with Crippen molar-refractivity contribution in [3.63, 3.8) is 0 Å². The Balaban J connectivity index is 1.57. The first-order chi connectivity index (χ1) is 13.4. The number of nitrogens with zero attached hydrogens (tertiary/aromatic N) is 3. The second kappa shape index (κ2) is 9.32. The van der Waals surface area contributed by atoms with Gasteiger partial charge in [0, 0.05) is 38.2 Å². The molecule has 0 bridgehead atoms. The average Bonchev–Trinajstić information content (AvgIpc) is 2.67. The molecule has 152 valence electrons. The van der Waals surface area contributed by atoms with Crippen LogP contribution in [0.5, 0.6) is 0 Å². The highest BCUT2D eigenvalue weighted by Gasteiger charge is 2.39. The summed E-state index contributed by atoms with van der Waals surface area (Å²) in [6, 6.07) is 6.46. The molecule has 2 atom stereocenters. The predicted octanol–water partition coefficient (Wildman–Crippen LogP) is 2.63. The first-order valence-electron chi connectivity index (χ1n) is 10.1. The van der Waals surface area contributed by atoms with Crippen LogP contribution in [0.3, 0.4) is 0 Å². The number of halogens is 1. The highest BCUT2D eigenvalue weighted by Crippen LogP contribution is 2.31. The third-order valence-electron chi connectivity index (χ3n) is 5.73. The Morgan fingerprint density at radius 1 is 1.32 bits per heavy atom. The van der Waals surface area contributed by atoms with E-state index in [1.165, 1.54) is 18.2 Å². The van der Waals surface area contributed by atoms with Crippen LogP contribution >= 0.6 is 0 Å². The van der Waals surface area contributed by atoms with E-state index in [0.717, 1.165) is 32.4 Å². The Morgan fingerprint density at radius 2 is 2.14 bits per heavy atom. The number of carbonyl (C=O) groups excluding carboxylic acids is 2. The molecule has 28 heavy (non-hydrogen) atoms. The lowest BCUT2D eigenvalue weighted by Crippen LogP contribution is -2.57. The molecule has 0 unspecified atom stereocenters. The molecule has 2 aliphatic rings. The van der Waals surface area contributed by atoms with E-state index >= 15 is 0 Å². The normalized spacial score (nSPS) is 22.8. The molecule has 1 aromatic rings. The number of hydrogen-bond acceptors (Lipinski definition) is 3. The second-order valence-corrected chi connectivity index (χ2v) is 8.07. The van der Waals surface area contributed by atoms with Crippen molar-refractivity contribution < 1.29 is 14.0 Å². The van der Waals surface area contributed by atoms with Gasteiger partial charge in [-0.1, -0.05) is 12.1 Å². The van der Waals surface area contributed by atoms with E-state index in [1.807, 2.05) is 19.0 Å². The van der Waals surface area contributed by atoms with Gasteiger partial charge in [0.25, 0.3) is 0 Å². The smallest absolute Gasteiger partial charge is 0.246 e. The van der Waals surface area contributed by atoms with Gasteiger partial charge in [0.1, 0.15) is 5.82 Å². The van der Waals surface area contributed by atoms with Crippen molar-refractivity contribution in [3.05, 3.63) is 41.7 Å². The van der Waals surface area contributed by atoms with Crippen LogP contribution in [0.25, 0.3) is 6.08 Å². The molecule has 2 fully saturated rings. The van der Waals surface area contributed by atoms with Gasteiger partial charge in [0.15, 0.2) is 0 Å². The molecule has 0 spiro atoms. The maximum absolute atomic E-state index is 13.3. The summed E-state index contributed by atoms with van der Waals surface area (Å²) in [7, 11) is 4.09. The van der Waals surface area contributed by atoms with Crippen LogP contribution in [-0.2, 0) is 9.59 Å². The SMILES string of the molecule is CN(C)CCCN1C(=O)CC[C@H]2CN(C(=O)/C=C/c3cccc(F)c3)CC[C@H]21. The minimum atomic E-state index is -0.309. The number of carbonyl (C=O) groups is 2. The molecule has 6 heteroatoms. The number of piperidine rings is 2. The van der Waals surface area contributed by atoms with Crippen molar-refractivity contribution in [2.75, 3.05) is 40.3 Å². The van der Waals surface area contributed by atoms with Crippen molar-refractivity contribution >= 4 is 17.9 Å². The van der Waals surface area contributed by atoms with Gasteiger partial charge in [-0.15, -0.1) is 0 Å². The topological polar surface area (TPSA) is 43.9 Å². The van der Waals surface area contributed by atoms with Crippen molar-refractivity contribution in [2.45, 2.75) is 31.7 Å². The van der Waals surface area contributed by atoms with Crippen molar-refractivity contribution in [3.8, 4) is 0 Å².